The Morgan fingerprint density at radius 3 is 2.24 bits per heavy atom. The molecular weight excluding hydrogens is 451 g/mol. The van der Waals surface area contributed by atoms with E-state index in [1.54, 1.807) is 34.6 Å². The van der Waals surface area contributed by atoms with Crippen LogP contribution in [0.25, 0.3) is 5.69 Å². The van der Waals surface area contributed by atoms with Gasteiger partial charge in [0.15, 0.2) is 5.60 Å². The molecule has 0 unspecified atom stereocenters. The number of rotatable bonds is 7. The van der Waals surface area contributed by atoms with Crippen molar-refractivity contribution in [3.05, 3.63) is 75.5 Å². The van der Waals surface area contributed by atoms with Gasteiger partial charge >= 0.3 is 17.8 Å². The highest BCUT2D eigenvalue weighted by Crippen LogP contribution is 2.30. The van der Waals surface area contributed by atoms with E-state index in [0.29, 0.717) is 21.6 Å². The lowest BCUT2D eigenvalue weighted by molar-refractivity contribution is -0.158. The first-order valence-electron chi connectivity index (χ1n) is 11.4. The third-order valence-corrected chi connectivity index (χ3v) is 4.96. The van der Waals surface area contributed by atoms with Crippen molar-refractivity contribution in [1.29, 1.82) is 0 Å². The normalized spacial score (nSPS) is 13.3. The van der Waals surface area contributed by atoms with Gasteiger partial charge in [-0.25, -0.2) is 18.8 Å². The summed E-state index contributed by atoms with van der Waals surface area (Å²) in [7, 11) is 0. The van der Waals surface area contributed by atoms with E-state index >= 15 is 0 Å². The molecule has 3 aromatic rings. The summed E-state index contributed by atoms with van der Waals surface area (Å²) in [5.74, 6) is -0.182. The van der Waals surface area contributed by atoms with E-state index in [1.165, 1.54) is 12.1 Å². The molecule has 2 aromatic carbocycles. The number of halogens is 3. The average molecular weight is 479 g/mol. The fourth-order valence-electron chi connectivity index (χ4n) is 3.27. The Labute approximate surface area is 197 Å². The molecule has 0 aliphatic heterocycles. The summed E-state index contributed by atoms with van der Waals surface area (Å²) >= 11 is 0. The summed E-state index contributed by atoms with van der Waals surface area (Å²) < 4.78 is 68.2. The van der Waals surface area contributed by atoms with Crippen LogP contribution < -0.4 is 10.4 Å². The van der Waals surface area contributed by atoms with Crippen molar-refractivity contribution < 1.29 is 30.2 Å². The fourth-order valence-corrected chi connectivity index (χ4v) is 3.27. The molecule has 0 aliphatic rings. The highest BCUT2D eigenvalue weighted by atomic mass is 19.4. The molecule has 0 spiro atoms. The molecule has 3 rings (SSSR count). The van der Waals surface area contributed by atoms with E-state index in [2.05, 4.69) is 5.10 Å². The molecule has 0 saturated heterocycles. The largest absolute Gasteiger partial charge is 0.476 e. The SMILES string of the molecule is [2H]C([2H])(c1cc(C)c(OC(C)(C)C(=O)OCC)c(C)c1)n1ncn(-c2ccc(C(F)(F)F)cc2)c1=O. The monoisotopic (exact) mass is 479 g/mol. The van der Waals surface area contributed by atoms with Gasteiger partial charge in [0.25, 0.3) is 0 Å². The predicted molar refractivity (Wildman–Crippen MR) is 119 cm³/mol. The lowest BCUT2D eigenvalue weighted by Crippen LogP contribution is -2.40. The summed E-state index contributed by atoms with van der Waals surface area (Å²) in [5, 5.41) is 3.87. The second-order valence-corrected chi connectivity index (χ2v) is 8.12. The van der Waals surface area contributed by atoms with Crippen molar-refractivity contribution in [2.45, 2.75) is 52.9 Å². The number of hydrogen-bond acceptors (Lipinski definition) is 5. The van der Waals surface area contributed by atoms with Gasteiger partial charge in [0.05, 0.1) is 27.1 Å². The van der Waals surface area contributed by atoms with Crippen molar-refractivity contribution in [3.63, 3.8) is 0 Å². The number of ether oxygens (including phenoxy) is 2. The van der Waals surface area contributed by atoms with E-state index in [1.807, 2.05) is 0 Å². The number of carbonyl (C=O) groups is 1. The highest BCUT2D eigenvalue weighted by Gasteiger charge is 2.33. The van der Waals surface area contributed by atoms with Gasteiger partial charge in [-0.2, -0.15) is 18.3 Å². The summed E-state index contributed by atoms with van der Waals surface area (Å²) in [4.78, 5) is 25.2. The Morgan fingerprint density at radius 2 is 1.71 bits per heavy atom. The number of aryl methyl sites for hydroxylation is 2. The van der Waals surface area contributed by atoms with E-state index in [4.69, 9.17) is 12.2 Å². The van der Waals surface area contributed by atoms with Crippen LogP contribution in [0.5, 0.6) is 5.75 Å². The minimum absolute atomic E-state index is 0.0959. The van der Waals surface area contributed by atoms with E-state index in [0.717, 1.165) is 35.2 Å². The van der Waals surface area contributed by atoms with Crippen LogP contribution in [-0.2, 0) is 22.2 Å². The minimum Gasteiger partial charge on any atom is -0.476 e. The van der Waals surface area contributed by atoms with Crippen molar-refractivity contribution >= 4 is 5.97 Å². The third kappa shape index (κ3) is 5.32. The molecule has 0 bridgehead atoms. The predicted octanol–water partition coefficient (Wildman–Crippen LogP) is 4.44. The maximum atomic E-state index is 13.0. The van der Waals surface area contributed by atoms with Crippen LogP contribution in [-0.4, -0.2) is 32.5 Å². The van der Waals surface area contributed by atoms with Crippen molar-refractivity contribution in [2.24, 2.45) is 0 Å². The molecule has 10 heteroatoms. The number of nitrogens with zero attached hydrogens (tertiary/aromatic N) is 3. The second-order valence-electron chi connectivity index (χ2n) is 8.12. The van der Waals surface area contributed by atoms with Crippen molar-refractivity contribution in [2.75, 3.05) is 6.61 Å². The quantitative estimate of drug-likeness (QED) is 0.469. The average Bonchev–Trinajstić information content (AvgIpc) is 3.17. The Hall–Kier alpha value is -3.56. The van der Waals surface area contributed by atoms with Crippen LogP contribution in [0.1, 0.15) is 45.8 Å². The zero-order chi connectivity index (χ0) is 27.1. The van der Waals surface area contributed by atoms with Gasteiger partial charge in [0.1, 0.15) is 12.1 Å². The first-order valence-corrected chi connectivity index (χ1v) is 10.4. The number of alkyl halides is 3. The third-order valence-electron chi connectivity index (χ3n) is 4.96. The second kappa shape index (κ2) is 9.36. The lowest BCUT2D eigenvalue weighted by atomic mass is 10.0. The van der Waals surface area contributed by atoms with Crippen LogP contribution in [0, 0.1) is 13.8 Å². The van der Waals surface area contributed by atoms with Crippen LogP contribution in [0.4, 0.5) is 13.2 Å². The molecule has 0 aliphatic carbocycles. The maximum absolute atomic E-state index is 13.0. The molecule has 1 heterocycles. The Kier molecular flexibility index (Phi) is 6.12. The minimum atomic E-state index is -4.53. The lowest BCUT2D eigenvalue weighted by Gasteiger charge is -2.26. The van der Waals surface area contributed by atoms with Gasteiger partial charge in [-0.15, -0.1) is 0 Å². The van der Waals surface area contributed by atoms with E-state index < -0.39 is 35.5 Å². The molecule has 0 fully saturated rings. The topological polar surface area (TPSA) is 75.3 Å². The molecule has 0 saturated carbocycles. The zero-order valence-corrected chi connectivity index (χ0v) is 19.4. The van der Waals surface area contributed by atoms with Crippen LogP contribution >= 0.6 is 0 Å². The number of benzene rings is 2. The molecule has 0 atom stereocenters. The fraction of sp³-hybridized carbons (Fsp3) is 0.375. The number of aromatic nitrogens is 3. The molecule has 34 heavy (non-hydrogen) atoms. The van der Waals surface area contributed by atoms with Gasteiger partial charge in [-0.05, 0) is 75.6 Å². The summed E-state index contributed by atoms with van der Waals surface area (Å²) in [5.41, 5.74) is -1.81. The molecule has 7 nitrogen and oxygen atoms in total. The smallest absolute Gasteiger partial charge is 0.416 e. The van der Waals surface area contributed by atoms with E-state index in [9.17, 15) is 22.8 Å². The Balaban J connectivity index is 1.96. The molecule has 0 radical (unpaired) electrons. The van der Waals surface area contributed by atoms with Gasteiger partial charge in [-0.3, -0.25) is 0 Å². The zero-order valence-electron chi connectivity index (χ0n) is 21.4. The highest BCUT2D eigenvalue weighted by molar-refractivity contribution is 5.79. The van der Waals surface area contributed by atoms with Crippen LogP contribution in [0.2, 0.25) is 0 Å². The van der Waals surface area contributed by atoms with Crippen LogP contribution in [0.3, 0.4) is 0 Å². The number of esters is 1. The van der Waals surface area contributed by atoms with E-state index in [-0.39, 0.29) is 17.9 Å². The summed E-state index contributed by atoms with van der Waals surface area (Å²) in [6.45, 7) is 5.94. The Morgan fingerprint density at radius 1 is 1.12 bits per heavy atom. The molecular formula is C24H26F3N3O4. The first-order chi connectivity index (χ1) is 16.6. The summed E-state index contributed by atoms with van der Waals surface area (Å²) in [6.07, 6.45) is -3.48. The molecule has 0 amide bonds. The van der Waals surface area contributed by atoms with Crippen molar-refractivity contribution in [1.82, 2.24) is 14.3 Å². The first kappa shape index (κ1) is 22.2. The van der Waals surface area contributed by atoms with Crippen LogP contribution in [0.15, 0.2) is 47.5 Å². The number of carbonyl (C=O) groups excluding carboxylic acids is 1. The maximum Gasteiger partial charge on any atom is 0.416 e. The van der Waals surface area contributed by atoms with Gasteiger partial charge < -0.3 is 9.47 Å². The van der Waals surface area contributed by atoms with Gasteiger partial charge in [0.2, 0.25) is 0 Å². The Bertz CT molecular complexity index is 1310. The standard InChI is InChI=1S/C24H26F3N3O4/c1-6-33-21(31)23(4,5)34-20-15(2)11-17(12-16(20)3)13-30-22(32)29(14-28-30)19-9-7-18(8-10-19)24(25,26)27/h7-12,14H,6,13H2,1-5H3/i13D2. The molecule has 182 valence electrons. The van der Waals surface area contributed by atoms with Crippen molar-refractivity contribution in [3.8, 4) is 11.4 Å². The molecule has 0 N–H and O–H groups in total. The van der Waals surface area contributed by atoms with Gasteiger partial charge in [-0.1, -0.05) is 12.1 Å². The molecule has 1 aromatic heterocycles. The number of hydrogen-bond donors (Lipinski definition) is 0. The summed E-state index contributed by atoms with van der Waals surface area (Å²) in [6, 6.07) is 6.84. The van der Waals surface area contributed by atoms with Gasteiger partial charge in [0, 0.05) is 0 Å².